The first-order valence-electron chi connectivity index (χ1n) is 8.73. The molecule has 1 aliphatic heterocycles. The lowest BCUT2D eigenvalue weighted by molar-refractivity contribution is -0.163. The Balaban J connectivity index is 1.79. The number of nitrogens with zero attached hydrogens (tertiary/aromatic N) is 1. The molecular formula is C19H26N2O5. The molecule has 1 atom stereocenters. The van der Waals surface area contributed by atoms with E-state index in [0.29, 0.717) is 13.0 Å². The van der Waals surface area contributed by atoms with Gasteiger partial charge in [-0.1, -0.05) is 30.3 Å². The van der Waals surface area contributed by atoms with Gasteiger partial charge in [0.25, 0.3) is 0 Å². The normalized spacial score (nSPS) is 16.9. The van der Waals surface area contributed by atoms with E-state index in [1.807, 2.05) is 30.3 Å². The predicted octanol–water partition coefficient (Wildman–Crippen LogP) is 2.25. The van der Waals surface area contributed by atoms with Crippen LogP contribution in [-0.4, -0.2) is 47.6 Å². The third-order valence-electron chi connectivity index (χ3n) is 3.85. The summed E-state index contributed by atoms with van der Waals surface area (Å²) in [4.78, 5) is 37.8. The van der Waals surface area contributed by atoms with E-state index < -0.39 is 23.7 Å². The molecule has 1 fully saturated rings. The first-order chi connectivity index (χ1) is 12.3. The molecular weight excluding hydrogens is 336 g/mol. The largest absolute Gasteiger partial charge is 0.458 e. The average molecular weight is 362 g/mol. The highest BCUT2D eigenvalue weighted by atomic mass is 16.6. The lowest BCUT2D eigenvalue weighted by Gasteiger charge is -2.27. The Hall–Kier alpha value is -2.57. The van der Waals surface area contributed by atoms with Crippen LogP contribution in [0.25, 0.3) is 0 Å². The third kappa shape index (κ3) is 6.06. The molecule has 7 nitrogen and oxygen atoms in total. The van der Waals surface area contributed by atoms with E-state index in [4.69, 9.17) is 9.47 Å². The second kappa shape index (κ2) is 8.69. The zero-order valence-electron chi connectivity index (χ0n) is 15.5. The van der Waals surface area contributed by atoms with Gasteiger partial charge in [0.2, 0.25) is 5.91 Å². The Morgan fingerprint density at radius 3 is 2.54 bits per heavy atom. The molecule has 26 heavy (non-hydrogen) atoms. The van der Waals surface area contributed by atoms with Gasteiger partial charge in [0, 0.05) is 6.54 Å². The number of amides is 2. The molecule has 1 aliphatic rings. The van der Waals surface area contributed by atoms with E-state index in [2.05, 4.69) is 5.32 Å². The van der Waals surface area contributed by atoms with Gasteiger partial charge in [0.15, 0.2) is 0 Å². The van der Waals surface area contributed by atoms with Crippen LogP contribution in [0.5, 0.6) is 0 Å². The Labute approximate surface area is 153 Å². The summed E-state index contributed by atoms with van der Waals surface area (Å²) >= 11 is 0. The van der Waals surface area contributed by atoms with Crippen LogP contribution in [-0.2, 0) is 25.7 Å². The van der Waals surface area contributed by atoms with Crippen LogP contribution in [0.15, 0.2) is 30.3 Å². The molecule has 2 rings (SSSR count). The second-order valence-electron chi connectivity index (χ2n) is 7.19. The van der Waals surface area contributed by atoms with Crippen LogP contribution in [0, 0.1) is 0 Å². The highest BCUT2D eigenvalue weighted by molar-refractivity contribution is 5.88. The van der Waals surface area contributed by atoms with Crippen molar-refractivity contribution >= 4 is 18.0 Å². The maximum atomic E-state index is 12.4. The van der Waals surface area contributed by atoms with Gasteiger partial charge in [-0.15, -0.1) is 0 Å². The third-order valence-corrected chi connectivity index (χ3v) is 3.85. The van der Waals surface area contributed by atoms with Crippen molar-refractivity contribution in [1.82, 2.24) is 10.2 Å². The van der Waals surface area contributed by atoms with Crippen molar-refractivity contribution in [3.63, 3.8) is 0 Å². The molecule has 0 saturated carbocycles. The Bertz CT molecular complexity index is 639. The molecule has 0 unspecified atom stereocenters. The number of rotatable bonds is 5. The summed E-state index contributed by atoms with van der Waals surface area (Å²) in [7, 11) is 0. The van der Waals surface area contributed by atoms with E-state index in [9.17, 15) is 14.4 Å². The number of hydrogen-bond donors (Lipinski definition) is 1. The smallest absolute Gasteiger partial charge is 0.407 e. The fraction of sp³-hybridized carbons (Fsp3) is 0.526. The fourth-order valence-electron chi connectivity index (χ4n) is 2.70. The quantitative estimate of drug-likeness (QED) is 0.812. The number of benzene rings is 1. The minimum absolute atomic E-state index is 0.130. The summed E-state index contributed by atoms with van der Waals surface area (Å²) < 4.78 is 10.4. The van der Waals surface area contributed by atoms with Crippen LogP contribution < -0.4 is 5.32 Å². The monoisotopic (exact) mass is 362 g/mol. The number of carbonyl (C=O) groups excluding carboxylic acids is 3. The van der Waals surface area contributed by atoms with Crippen molar-refractivity contribution in [1.29, 1.82) is 0 Å². The molecule has 2 amide bonds. The van der Waals surface area contributed by atoms with Gasteiger partial charge >= 0.3 is 12.1 Å². The Morgan fingerprint density at radius 2 is 1.88 bits per heavy atom. The molecule has 1 aromatic carbocycles. The summed E-state index contributed by atoms with van der Waals surface area (Å²) in [5, 5.41) is 2.43. The zero-order valence-corrected chi connectivity index (χ0v) is 15.5. The summed E-state index contributed by atoms with van der Waals surface area (Å²) in [6.45, 7) is 5.75. The van der Waals surface area contributed by atoms with E-state index >= 15 is 0 Å². The van der Waals surface area contributed by atoms with E-state index in [-0.39, 0.29) is 19.1 Å². The van der Waals surface area contributed by atoms with Gasteiger partial charge in [-0.3, -0.25) is 4.79 Å². The second-order valence-corrected chi connectivity index (χ2v) is 7.19. The molecule has 7 heteroatoms. The van der Waals surface area contributed by atoms with Crippen molar-refractivity contribution < 1.29 is 23.9 Å². The molecule has 1 saturated heterocycles. The highest BCUT2D eigenvalue weighted by Gasteiger charge is 2.36. The number of ether oxygens (including phenoxy) is 2. The summed E-state index contributed by atoms with van der Waals surface area (Å²) in [5.74, 6) is -0.731. The van der Waals surface area contributed by atoms with E-state index in [1.54, 1.807) is 20.8 Å². The van der Waals surface area contributed by atoms with Crippen molar-refractivity contribution in [3.05, 3.63) is 35.9 Å². The molecule has 1 aromatic rings. The van der Waals surface area contributed by atoms with Crippen LogP contribution >= 0.6 is 0 Å². The molecule has 0 spiro atoms. The van der Waals surface area contributed by atoms with Crippen molar-refractivity contribution in [3.8, 4) is 0 Å². The van der Waals surface area contributed by atoms with Gasteiger partial charge in [0.1, 0.15) is 24.8 Å². The maximum absolute atomic E-state index is 12.4. The number of alkyl carbamates (subject to hydrolysis) is 1. The minimum atomic E-state index is -0.671. The van der Waals surface area contributed by atoms with Crippen LogP contribution in [0.3, 0.4) is 0 Å². The topological polar surface area (TPSA) is 84.9 Å². The first-order valence-corrected chi connectivity index (χ1v) is 8.73. The summed E-state index contributed by atoms with van der Waals surface area (Å²) in [5.41, 5.74) is 0.256. The molecule has 1 N–H and O–H groups in total. The number of carbonyl (C=O) groups is 3. The average Bonchev–Trinajstić information content (AvgIpc) is 3.07. The van der Waals surface area contributed by atoms with Crippen LogP contribution in [0.4, 0.5) is 4.79 Å². The highest BCUT2D eigenvalue weighted by Crippen LogP contribution is 2.21. The number of esters is 1. The van der Waals surface area contributed by atoms with Crippen molar-refractivity contribution in [2.75, 3.05) is 13.1 Å². The van der Waals surface area contributed by atoms with Crippen molar-refractivity contribution in [2.45, 2.75) is 51.9 Å². The van der Waals surface area contributed by atoms with Gasteiger partial charge < -0.3 is 19.7 Å². The lowest BCUT2D eigenvalue weighted by Crippen LogP contribution is -2.47. The molecule has 142 valence electrons. The Kier molecular flexibility index (Phi) is 6.60. The SMILES string of the molecule is CC(C)(C)OC(=O)[C@@H]1CCCN1C(=O)CNC(=O)OCc1ccccc1. The predicted molar refractivity (Wildman–Crippen MR) is 95.2 cm³/mol. The minimum Gasteiger partial charge on any atom is -0.458 e. The standard InChI is InChI=1S/C19H26N2O5/c1-19(2,3)26-17(23)15-10-7-11-21(15)16(22)12-20-18(24)25-13-14-8-5-4-6-9-14/h4-6,8-9,15H,7,10-13H2,1-3H3,(H,20,24)/t15-/m0/s1. The zero-order chi connectivity index (χ0) is 19.2. The molecule has 0 aromatic heterocycles. The Morgan fingerprint density at radius 1 is 1.19 bits per heavy atom. The molecule has 0 aliphatic carbocycles. The number of hydrogen-bond acceptors (Lipinski definition) is 5. The van der Waals surface area contributed by atoms with Crippen molar-refractivity contribution in [2.24, 2.45) is 0 Å². The van der Waals surface area contributed by atoms with Gasteiger partial charge in [-0.05, 0) is 39.2 Å². The van der Waals surface area contributed by atoms with Crippen LogP contribution in [0.2, 0.25) is 0 Å². The number of nitrogens with one attached hydrogen (secondary N) is 1. The maximum Gasteiger partial charge on any atom is 0.407 e. The molecule has 0 bridgehead atoms. The van der Waals surface area contributed by atoms with Gasteiger partial charge in [-0.25, -0.2) is 9.59 Å². The molecule has 0 radical (unpaired) electrons. The first kappa shape index (κ1) is 19.8. The number of likely N-dealkylation sites (tertiary alicyclic amines) is 1. The summed E-state index contributed by atoms with van der Waals surface area (Å²) in [6, 6.07) is 8.67. The van der Waals surface area contributed by atoms with Crippen LogP contribution in [0.1, 0.15) is 39.2 Å². The van der Waals surface area contributed by atoms with E-state index in [0.717, 1.165) is 12.0 Å². The van der Waals surface area contributed by atoms with E-state index in [1.165, 1.54) is 4.90 Å². The molecule has 1 heterocycles. The fourth-order valence-corrected chi connectivity index (χ4v) is 2.70. The van der Waals surface area contributed by atoms with Gasteiger partial charge in [-0.2, -0.15) is 0 Å². The van der Waals surface area contributed by atoms with Gasteiger partial charge in [0.05, 0.1) is 0 Å². The lowest BCUT2D eigenvalue weighted by atomic mass is 10.1. The summed E-state index contributed by atoms with van der Waals surface area (Å²) in [6.07, 6.45) is 0.628.